The van der Waals surface area contributed by atoms with Crippen molar-refractivity contribution in [2.75, 3.05) is 6.54 Å². The van der Waals surface area contributed by atoms with Crippen molar-refractivity contribution in [3.63, 3.8) is 0 Å². The summed E-state index contributed by atoms with van der Waals surface area (Å²) in [6, 6.07) is 2.50. The Bertz CT molecular complexity index is 413. The van der Waals surface area contributed by atoms with E-state index in [9.17, 15) is 5.26 Å². The quantitative estimate of drug-likeness (QED) is 0.814. The Morgan fingerprint density at radius 1 is 1.65 bits per heavy atom. The molecule has 1 N–H and O–H groups in total. The van der Waals surface area contributed by atoms with Crippen LogP contribution in [0.2, 0.25) is 0 Å². The summed E-state index contributed by atoms with van der Waals surface area (Å²) in [4.78, 5) is 0. The van der Waals surface area contributed by atoms with Gasteiger partial charge in [0.05, 0.1) is 18.8 Å². The van der Waals surface area contributed by atoms with Gasteiger partial charge in [0.1, 0.15) is 5.54 Å². The fourth-order valence-corrected chi connectivity index (χ4v) is 2.23. The highest BCUT2D eigenvalue weighted by Gasteiger charge is 2.45. The highest BCUT2D eigenvalue weighted by Crippen LogP contribution is 2.40. The fraction of sp³-hybridized carbons (Fsp3) is 0.692. The first-order chi connectivity index (χ1) is 8.20. The normalized spacial score (nSPS) is 18.6. The molecule has 1 aromatic rings. The van der Waals surface area contributed by atoms with Crippen LogP contribution in [0.3, 0.4) is 0 Å². The monoisotopic (exact) mass is 232 g/mol. The lowest BCUT2D eigenvalue weighted by Gasteiger charge is -2.27. The van der Waals surface area contributed by atoms with Crippen molar-refractivity contribution in [1.29, 1.82) is 5.26 Å². The first-order valence-electron chi connectivity index (χ1n) is 6.35. The van der Waals surface area contributed by atoms with Gasteiger partial charge in [-0.3, -0.25) is 10.00 Å². The lowest BCUT2D eigenvalue weighted by atomic mass is 9.94. The van der Waals surface area contributed by atoms with Gasteiger partial charge in [-0.1, -0.05) is 6.92 Å². The molecule has 4 nitrogen and oxygen atoms in total. The molecule has 1 fully saturated rings. The van der Waals surface area contributed by atoms with Gasteiger partial charge in [-0.15, -0.1) is 0 Å². The van der Waals surface area contributed by atoms with E-state index in [4.69, 9.17) is 0 Å². The van der Waals surface area contributed by atoms with Crippen molar-refractivity contribution in [3.05, 3.63) is 18.0 Å². The number of nitrogens with one attached hydrogen (secondary N) is 1. The molecule has 0 saturated heterocycles. The van der Waals surface area contributed by atoms with Crippen LogP contribution < -0.4 is 5.32 Å². The summed E-state index contributed by atoms with van der Waals surface area (Å²) in [5, 5.41) is 17.3. The Labute approximate surface area is 103 Å². The number of aryl methyl sites for hydroxylation is 1. The lowest BCUT2D eigenvalue weighted by Crippen LogP contribution is -2.50. The van der Waals surface area contributed by atoms with Gasteiger partial charge in [-0.2, -0.15) is 10.4 Å². The van der Waals surface area contributed by atoms with Gasteiger partial charge in [0.25, 0.3) is 0 Å². The molecule has 17 heavy (non-hydrogen) atoms. The second kappa shape index (κ2) is 4.89. The molecule has 1 saturated carbocycles. The maximum absolute atomic E-state index is 9.53. The largest absolute Gasteiger partial charge is 0.298 e. The van der Waals surface area contributed by atoms with Crippen LogP contribution in [0.25, 0.3) is 0 Å². The van der Waals surface area contributed by atoms with Gasteiger partial charge in [0.15, 0.2) is 0 Å². The van der Waals surface area contributed by atoms with Crippen LogP contribution in [0.4, 0.5) is 0 Å². The van der Waals surface area contributed by atoms with Gasteiger partial charge in [0, 0.05) is 6.20 Å². The highest BCUT2D eigenvalue weighted by molar-refractivity contribution is 5.15. The molecule has 0 bridgehead atoms. The van der Waals surface area contributed by atoms with Crippen LogP contribution in [0.15, 0.2) is 12.4 Å². The Morgan fingerprint density at radius 3 is 2.88 bits per heavy atom. The predicted molar refractivity (Wildman–Crippen MR) is 66.3 cm³/mol. The molecule has 1 aromatic heterocycles. The fourth-order valence-electron chi connectivity index (χ4n) is 2.23. The van der Waals surface area contributed by atoms with E-state index in [-0.39, 0.29) is 0 Å². The molecule has 0 radical (unpaired) electrons. The van der Waals surface area contributed by atoms with Crippen molar-refractivity contribution in [2.24, 2.45) is 5.92 Å². The first kappa shape index (κ1) is 12.1. The van der Waals surface area contributed by atoms with Crippen LogP contribution in [0.1, 0.15) is 31.7 Å². The van der Waals surface area contributed by atoms with E-state index in [1.165, 1.54) is 0 Å². The van der Waals surface area contributed by atoms with Gasteiger partial charge < -0.3 is 0 Å². The van der Waals surface area contributed by atoms with Crippen LogP contribution in [0, 0.1) is 24.2 Å². The summed E-state index contributed by atoms with van der Waals surface area (Å²) in [5.74, 6) is 0.489. The minimum absolute atomic E-state index is 0.422. The van der Waals surface area contributed by atoms with Crippen molar-refractivity contribution >= 4 is 0 Å². The second-order valence-electron chi connectivity index (χ2n) is 5.00. The number of nitrogens with zero attached hydrogens (tertiary/aromatic N) is 3. The first-order valence-corrected chi connectivity index (χ1v) is 6.35. The average Bonchev–Trinajstić information content (AvgIpc) is 3.10. The molecule has 1 atom stereocenters. The Hall–Kier alpha value is -1.34. The number of aromatic nitrogens is 2. The summed E-state index contributed by atoms with van der Waals surface area (Å²) in [6.07, 6.45) is 7.21. The van der Waals surface area contributed by atoms with Crippen molar-refractivity contribution in [2.45, 2.75) is 45.2 Å². The zero-order valence-corrected chi connectivity index (χ0v) is 10.6. The minimum Gasteiger partial charge on any atom is -0.298 e. The Morgan fingerprint density at radius 2 is 2.41 bits per heavy atom. The highest BCUT2D eigenvalue weighted by atomic mass is 15.3. The zero-order valence-electron chi connectivity index (χ0n) is 10.6. The van der Waals surface area contributed by atoms with Gasteiger partial charge in [-0.25, -0.2) is 0 Å². The summed E-state index contributed by atoms with van der Waals surface area (Å²) >= 11 is 0. The third-order valence-electron chi connectivity index (χ3n) is 3.34. The van der Waals surface area contributed by atoms with Gasteiger partial charge in [-0.05, 0) is 44.2 Å². The van der Waals surface area contributed by atoms with E-state index >= 15 is 0 Å². The number of hydrogen-bond acceptors (Lipinski definition) is 3. The van der Waals surface area contributed by atoms with E-state index in [0.717, 1.165) is 31.4 Å². The van der Waals surface area contributed by atoms with Crippen molar-refractivity contribution < 1.29 is 0 Å². The van der Waals surface area contributed by atoms with Crippen LogP contribution in [0.5, 0.6) is 0 Å². The van der Waals surface area contributed by atoms with E-state index < -0.39 is 5.54 Å². The third-order valence-corrected chi connectivity index (χ3v) is 3.34. The lowest BCUT2D eigenvalue weighted by molar-refractivity contribution is 0.306. The van der Waals surface area contributed by atoms with Gasteiger partial charge in [0.2, 0.25) is 0 Å². The Balaban J connectivity index is 2.12. The molecular weight excluding hydrogens is 212 g/mol. The second-order valence-corrected chi connectivity index (χ2v) is 5.00. The average molecular weight is 232 g/mol. The molecular formula is C13H20N4. The summed E-state index contributed by atoms with van der Waals surface area (Å²) in [5.41, 5.74) is 0.720. The molecule has 1 aliphatic carbocycles. The van der Waals surface area contributed by atoms with E-state index in [1.54, 1.807) is 0 Å². The zero-order chi connectivity index (χ0) is 12.3. The molecule has 0 aromatic carbocycles. The molecule has 0 spiro atoms. The standard InChI is InChI=1S/C13H20N4/c1-3-6-15-13(9-14,12-4-5-12)10-17-8-11(2)7-16-17/h7-8,12,15H,3-6,10H2,1-2H3. The van der Waals surface area contributed by atoms with Crippen molar-refractivity contribution in [3.8, 4) is 6.07 Å². The number of rotatable bonds is 6. The maximum atomic E-state index is 9.53. The summed E-state index contributed by atoms with van der Waals surface area (Å²) in [6.45, 7) is 5.69. The van der Waals surface area contributed by atoms with E-state index in [2.05, 4.69) is 23.4 Å². The maximum Gasteiger partial charge on any atom is 0.129 e. The molecule has 2 rings (SSSR count). The summed E-state index contributed by atoms with van der Waals surface area (Å²) in [7, 11) is 0. The summed E-state index contributed by atoms with van der Waals surface area (Å²) < 4.78 is 1.89. The molecule has 1 unspecified atom stereocenters. The van der Waals surface area contributed by atoms with Crippen molar-refractivity contribution in [1.82, 2.24) is 15.1 Å². The molecule has 92 valence electrons. The SMILES string of the molecule is CCCNC(C#N)(Cn1cc(C)cn1)C1CC1. The van der Waals surface area contributed by atoms with E-state index in [1.807, 2.05) is 24.0 Å². The molecule has 0 amide bonds. The Kier molecular flexibility index (Phi) is 3.49. The minimum atomic E-state index is -0.422. The number of nitriles is 1. The molecule has 4 heteroatoms. The van der Waals surface area contributed by atoms with Crippen LogP contribution in [-0.4, -0.2) is 21.9 Å². The van der Waals surface area contributed by atoms with E-state index in [0.29, 0.717) is 12.5 Å². The van der Waals surface area contributed by atoms with Crippen LogP contribution in [-0.2, 0) is 6.54 Å². The number of hydrogen-bond donors (Lipinski definition) is 1. The smallest absolute Gasteiger partial charge is 0.129 e. The molecule has 0 aliphatic heterocycles. The third kappa shape index (κ3) is 2.67. The van der Waals surface area contributed by atoms with Gasteiger partial charge >= 0.3 is 0 Å². The molecule has 1 heterocycles. The topological polar surface area (TPSA) is 53.6 Å². The molecule has 1 aliphatic rings. The predicted octanol–water partition coefficient (Wildman–Crippen LogP) is 1.86. The van der Waals surface area contributed by atoms with Crippen LogP contribution >= 0.6 is 0 Å².